The van der Waals surface area contributed by atoms with Crippen molar-refractivity contribution in [3.63, 3.8) is 0 Å². The number of hydrogen-bond donors (Lipinski definition) is 2. The van der Waals surface area contributed by atoms with Gasteiger partial charge in [0.2, 0.25) is 0 Å². The molecule has 0 amide bonds. The van der Waals surface area contributed by atoms with Crippen molar-refractivity contribution in [3.8, 4) is 5.75 Å². The summed E-state index contributed by atoms with van der Waals surface area (Å²) in [4.78, 5) is 12.0. The van der Waals surface area contributed by atoms with Gasteiger partial charge in [0.1, 0.15) is 5.75 Å². The van der Waals surface area contributed by atoms with E-state index in [1.54, 1.807) is 12.1 Å². The van der Waals surface area contributed by atoms with Crippen molar-refractivity contribution in [2.75, 3.05) is 0 Å². The van der Waals surface area contributed by atoms with Gasteiger partial charge in [0.05, 0.1) is 5.56 Å². The molecule has 2 aliphatic rings. The third-order valence-corrected chi connectivity index (χ3v) is 6.58. The van der Waals surface area contributed by atoms with Gasteiger partial charge in [-0.25, -0.2) is 4.79 Å². The van der Waals surface area contributed by atoms with E-state index in [0.29, 0.717) is 11.3 Å². The number of aromatic hydroxyl groups is 1. The highest BCUT2D eigenvalue weighted by Crippen LogP contribution is 2.47. The zero-order chi connectivity index (χ0) is 17.4. The Labute approximate surface area is 145 Å². The fourth-order valence-electron chi connectivity index (χ4n) is 4.95. The van der Waals surface area contributed by atoms with Crippen LogP contribution in [0, 0.1) is 0 Å². The summed E-state index contributed by atoms with van der Waals surface area (Å²) < 4.78 is 0. The lowest BCUT2D eigenvalue weighted by Gasteiger charge is -2.38. The van der Waals surface area contributed by atoms with Crippen LogP contribution in [0.3, 0.4) is 0 Å². The monoisotopic (exact) mass is 330 g/mol. The van der Waals surface area contributed by atoms with Crippen LogP contribution in [-0.2, 0) is 10.8 Å². The number of carboxylic acid groups (broad SMARTS) is 1. The Morgan fingerprint density at radius 3 is 1.75 bits per heavy atom. The van der Waals surface area contributed by atoms with Gasteiger partial charge in [-0.2, -0.15) is 0 Å². The zero-order valence-corrected chi connectivity index (χ0v) is 15.0. The molecule has 2 aliphatic carbocycles. The lowest BCUT2D eigenvalue weighted by atomic mass is 9.66. The van der Waals surface area contributed by atoms with Crippen LogP contribution in [0.5, 0.6) is 5.75 Å². The van der Waals surface area contributed by atoms with Gasteiger partial charge < -0.3 is 10.2 Å². The third kappa shape index (κ3) is 3.05. The Balaban J connectivity index is 2.08. The Kier molecular flexibility index (Phi) is 4.63. The number of phenolic OH excluding ortho intramolecular Hbond substituents is 1. The molecule has 132 valence electrons. The van der Waals surface area contributed by atoms with Crippen LogP contribution in [-0.4, -0.2) is 16.2 Å². The molecule has 3 nitrogen and oxygen atoms in total. The molecule has 0 unspecified atom stereocenters. The number of carbonyl (C=O) groups is 1. The summed E-state index contributed by atoms with van der Waals surface area (Å²) in [6, 6.07) is 3.57. The maximum Gasteiger partial charge on any atom is 0.335 e. The standard InChI is InChI=1S/C21H30O3/c1-20(9-5-3-6-10-20)16-14-18(22)17(13-15(16)19(23)24)21(2)11-7-4-8-12-21/h13-14,22H,3-12H2,1-2H3,(H,23,24). The Hall–Kier alpha value is -1.51. The molecule has 2 N–H and O–H groups in total. The molecule has 0 aromatic heterocycles. The van der Waals surface area contributed by atoms with Crippen LogP contribution in [0.2, 0.25) is 0 Å². The van der Waals surface area contributed by atoms with Crippen molar-refractivity contribution < 1.29 is 15.0 Å². The van der Waals surface area contributed by atoms with E-state index in [1.165, 1.54) is 12.8 Å². The van der Waals surface area contributed by atoms with Gasteiger partial charge in [0.25, 0.3) is 0 Å². The molecule has 0 spiro atoms. The van der Waals surface area contributed by atoms with Gasteiger partial charge in [-0.05, 0) is 54.2 Å². The first-order chi connectivity index (χ1) is 11.4. The van der Waals surface area contributed by atoms with Gasteiger partial charge in [0.15, 0.2) is 0 Å². The van der Waals surface area contributed by atoms with Crippen molar-refractivity contribution in [1.82, 2.24) is 0 Å². The SMILES string of the molecule is CC1(c2cc(C(=O)O)c(C3(C)CCCCC3)cc2O)CCCCC1. The van der Waals surface area contributed by atoms with E-state index < -0.39 is 5.97 Å². The number of phenols is 1. The van der Waals surface area contributed by atoms with Crippen LogP contribution in [0.25, 0.3) is 0 Å². The van der Waals surface area contributed by atoms with Gasteiger partial charge in [0, 0.05) is 5.56 Å². The van der Waals surface area contributed by atoms with E-state index in [4.69, 9.17) is 0 Å². The number of aromatic carboxylic acids is 1. The Morgan fingerprint density at radius 1 is 0.833 bits per heavy atom. The fraction of sp³-hybridized carbons (Fsp3) is 0.667. The molecular weight excluding hydrogens is 300 g/mol. The summed E-state index contributed by atoms with van der Waals surface area (Å²) in [6.07, 6.45) is 11.1. The second-order valence-electron chi connectivity index (χ2n) is 8.46. The van der Waals surface area contributed by atoms with E-state index in [2.05, 4.69) is 13.8 Å². The molecule has 1 aromatic rings. The minimum Gasteiger partial charge on any atom is -0.508 e. The smallest absolute Gasteiger partial charge is 0.335 e. The van der Waals surface area contributed by atoms with Crippen molar-refractivity contribution in [2.24, 2.45) is 0 Å². The van der Waals surface area contributed by atoms with Gasteiger partial charge in [-0.3, -0.25) is 0 Å². The molecule has 0 radical (unpaired) electrons. The van der Waals surface area contributed by atoms with Crippen LogP contribution in [0.15, 0.2) is 12.1 Å². The molecule has 0 aliphatic heterocycles. The summed E-state index contributed by atoms with van der Waals surface area (Å²) in [5.41, 5.74) is 1.84. The van der Waals surface area contributed by atoms with Gasteiger partial charge >= 0.3 is 5.97 Å². The summed E-state index contributed by atoms with van der Waals surface area (Å²) >= 11 is 0. The fourth-order valence-corrected chi connectivity index (χ4v) is 4.95. The first-order valence-electron chi connectivity index (χ1n) is 9.47. The second kappa shape index (κ2) is 6.42. The van der Waals surface area contributed by atoms with E-state index in [1.807, 2.05) is 0 Å². The average Bonchev–Trinajstić information content (AvgIpc) is 2.55. The van der Waals surface area contributed by atoms with Crippen molar-refractivity contribution in [3.05, 3.63) is 28.8 Å². The van der Waals surface area contributed by atoms with Gasteiger partial charge in [-0.15, -0.1) is 0 Å². The number of carboxylic acids is 1. The molecule has 2 saturated carbocycles. The maximum atomic E-state index is 12.0. The number of benzene rings is 1. The van der Waals surface area contributed by atoms with Crippen molar-refractivity contribution in [2.45, 2.75) is 88.9 Å². The van der Waals surface area contributed by atoms with Crippen LogP contribution in [0.1, 0.15) is 99.5 Å². The minimum atomic E-state index is -0.863. The number of rotatable bonds is 3. The van der Waals surface area contributed by atoms with Crippen LogP contribution >= 0.6 is 0 Å². The normalized spacial score (nSPS) is 22.9. The zero-order valence-electron chi connectivity index (χ0n) is 15.0. The highest BCUT2D eigenvalue weighted by atomic mass is 16.4. The summed E-state index contributed by atoms with van der Waals surface area (Å²) in [5.74, 6) is -0.566. The topological polar surface area (TPSA) is 57.5 Å². The van der Waals surface area contributed by atoms with E-state index in [0.717, 1.165) is 62.5 Å². The molecule has 1 aromatic carbocycles. The summed E-state index contributed by atoms with van der Waals surface area (Å²) in [7, 11) is 0. The molecule has 2 fully saturated rings. The Bertz CT molecular complexity index is 620. The molecular formula is C21H30O3. The molecule has 3 heteroatoms. The van der Waals surface area contributed by atoms with Gasteiger partial charge in [-0.1, -0.05) is 52.4 Å². The van der Waals surface area contributed by atoms with E-state index >= 15 is 0 Å². The third-order valence-electron chi connectivity index (χ3n) is 6.58. The minimum absolute atomic E-state index is 0.0987. The van der Waals surface area contributed by atoms with Crippen molar-refractivity contribution >= 4 is 5.97 Å². The maximum absolute atomic E-state index is 12.0. The first kappa shape index (κ1) is 17.3. The predicted octanol–water partition coefficient (Wildman–Crippen LogP) is 5.53. The average molecular weight is 330 g/mol. The molecule has 0 saturated heterocycles. The van der Waals surface area contributed by atoms with E-state index in [9.17, 15) is 15.0 Å². The second-order valence-corrected chi connectivity index (χ2v) is 8.46. The molecule has 0 heterocycles. The lowest BCUT2D eigenvalue weighted by molar-refractivity contribution is 0.0692. The quantitative estimate of drug-likeness (QED) is 0.765. The largest absolute Gasteiger partial charge is 0.508 e. The van der Waals surface area contributed by atoms with Crippen molar-refractivity contribution in [1.29, 1.82) is 0 Å². The van der Waals surface area contributed by atoms with Crippen LogP contribution in [0.4, 0.5) is 0 Å². The predicted molar refractivity (Wildman–Crippen MR) is 95.9 cm³/mol. The van der Waals surface area contributed by atoms with E-state index in [-0.39, 0.29) is 10.8 Å². The molecule has 0 atom stereocenters. The summed E-state index contributed by atoms with van der Waals surface area (Å²) in [5, 5.41) is 20.6. The molecule has 24 heavy (non-hydrogen) atoms. The Morgan fingerprint density at radius 2 is 1.29 bits per heavy atom. The molecule has 0 bridgehead atoms. The lowest BCUT2D eigenvalue weighted by Crippen LogP contribution is -2.29. The molecule has 3 rings (SSSR count). The van der Waals surface area contributed by atoms with Crippen LogP contribution < -0.4 is 0 Å². The summed E-state index contributed by atoms with van der Waals surface area (Å²) in [6.45, 7) is 4.34. The highest BCUT2D eigenvalue weighted by molar-refractivity contribution is 5.90. The first-order valence-corrected chi connectivity index (χ1v) is 9.47. The highest BCUT2D eigenvalue weighted by Gasteiger charge is 2.37. The number of hydrogen-bond acceptors (Lipinski definition) is 2.